The SMILES string of the molecule is CCC(OC)C(NN)c1ccc(C(C)C)cc1. The third-order valence-electron chi connectivity index (χ3n) is 3.22. The predicted molar refractivity (Wildman–Crippen MR) is 71.7 cm³/mol. The standard InChI is InChI=1S/C14H24N2O/c1-5-13(17-4)14(16-15)12-8-6-11(7-9-12)10(2)3/h6-10,13-14,16H,5,15H2,1-4H3. The van der Waals surface area contributed by atoms with Crippen molar-refractivity contribution in [1.29, 1.82) is 0 Å². The van der Waals surface area contributed by atoms with Crippen molar-refractivity contribution in [2.75, 3.05) is 7.11 Å². The highest BCUT2D eigenvalue weighted by Gasteiger charge is 2.20. The van der Waals surface area contributed by atoms with Crippen molar-refractivity contribution in [2.45, 2.75) is 45.3 Å². The van der Waals surface area contributed by atoms with E-state index in [0.717, 1.165) is 6.42 Å². The summed E-state index contributed by atoms with van der Waals surface area (Å²) in [6.45, 7) is 6.48. The molecule has 96 valence electrons. The van der Waals surface area contributed by atoms with Crippen LogP contribution < -0.4 is 11.3 Å². The molecule has 0 fully saturated rings. The average molecular weight is 236 g/mol. The van der Waals surface area contributed by atoms with Gasteiger partial charge in [-0.05, 0) is 23.5 Å². The number of nitrogens with two attached hydrogens (primary N) is 1. The van der Waals surface area contributed by atoms with Gasteiger partial charge in [-0.2, -0.15) is 0 Å². The maximum atomic E-state index is 5.62. The number of hydrazine groups is 1. The summed E-state index contributed by atoms with van der Waals surface area (Å²) in [4.78, 5) is 0. The molecule has 2 unspecified atom stereocenters. The van der Waals surface area contributed by atoms with E-state index >= 15 is 0 Å². The van der Waals surface area contributed by atoms with Crippen molar-refractivity contribution in [3.8, 4) is 0 Å². The summed E-state index contributed by atoms with van der Waals surface area (Å²) >= 11 is 0. The van der Waals surface area contributed by atoms with Gasteiger partial charge < -0.3 is 4.74 Å². The van der Waals surface area contributed by atoms with Crippen LogP contribution in [0, 0.1) is 0 Å². The number of rotatable bonds is 6. The second kappa shape index (κ2) is 6.74. The van der Waals surface area contributed by atoms with E-state index in [2.05, 4.69) is 50.5 Å². The highest BCUT2D eigenvalue weighted by molar-refractivity contribution is 5.27. The van der Waals surface area contributed by atoms with Crippen LogP contribution in [0.1, 0.15) is 50.3 Å². The molecule has 0 aliphatic heterocycles. The van der Waals surface area contributed by atoms with E-state index in [0.29, 0.717) is 5.92 Å². The van der Waals surface area contributed by atoms with Gasteiger partial charge in [0.05, 0.1) is 12.1 Å². The smallest absolute Gasteiger partial charge is 0.0776 e. The average Bonchev–Trinajstić information content (AvgIpc) is 2.36. The monoisotopic (exact) mass is 236 g/mol. The zero-order chi connectivity index (χ0) is 12.8. The first-order valence-electron chi connectivity index (χ1n) is 6.22. The molecule has 0 saturated heterocycles. The first-order chi connectivity index (χ1) is 8.13. The molecule has 0 saturated carbocycles. The normalized spacial score (nSPS) is 14.9. The zero-order valence-electron chi connectivity index (χ0n) is 11.2. The number of ether oxygens (including phenoxy) is 1. The van der Waals surface area contributed by atoms with Crippen LogP contribution in [0.5, 0.6) is 0 Å². The van der Waals surface area contributed by atoms with E-state index in [-0.39, 0.29) is 12.1 Å². The van der Waals surface area contributed by atoms with Crippen LogP contribution in [-0.2, 0) is 4.74 Å². The van der Waals surface area contributed by atoms with E-state index < -0.39 is 0 Å². The first-order valence-corrected chi connectivity index (χ1v) is 6.22. The van der Waals surface area contributed by atoms with Gasteiger partial charge in [0, 0.05) is 7.11 Å². The Balaban J connectivity index is 2.89. The fraction of sp³-hybridized carbons (Fsp3) is 0.571. The lowest BCUT2D eigenvalue weighted by atomic mass is 9.96. The Labute approximate surface area is 104 Å². The van der Waals surface area contributed by atoms with Crippen molar-refractivity contribution in [1.82, 2.24) is 5.43 Å². The van der Waals surface area contributed by atoms with Gasteiger partial charge in [-0.1, -0.05) is 45.0 Å². The number of nitrogens with one attached hydrogen (secondary N) is 1. The molecule has 2 atom stereocenters. The molecule has 3 N–H and O–H groups in total. The van der Waals surface area contributed by atoms with Crippen molar-refractivity contribution >= 4 is 0 Å². The molecule has 0 heterocycles. The Kier molecular flexibility index (Phi) is 5.62. The quantitative estimate of drug-likeness (QED) is 0.590. The molecule has 17 heavy (non-hydrogen) atoms. The number of benzene rings is 1. The van der Waals surface area contributed by atoms with Gasteiger partial charge in [0.15, 0.2) is 0 Å². The van der Waals surface area contributed by atoms with Crippen LogP contribution >= 0.6 is 0 Å². The third kappa shape index (κ3) is 3.53. The second-order valence-corrected chi connectivity index (χ2v) is 4.65. The molecule has 1 aromatic carbocycles. The Bertz CT molecular complexity index is 317. The van der Waals surface area contributed by atoms with E-state index in [9.17, 15) is 0 Å². The molecule has 3 nitrogen and oxygen atoms in total. The summed E-state index contributed by atoms with van der Waals surface area (Å²) in [5.41, 5.74) is 5.36. The Hall–Kier alpha value is -0.900. The van der Waals surface area contributed by atoms with E-state index in [1.165, 1.54) is 11.1 Å². The maximum Gasteiger partial charge on any atom is 0.0776 e. The van der Waals surface area contributed by atoms with E-state index in [1.54, 1.807) is 7.11 Å². The van der Waals surface area contributed by atoms with Crippen molar-refractivity contribution in [2.24, 2.45) is 5.84 Å². The number of hydrogen-bond donors (Lipinski definition) is 2. The van der Waals surface area contributed by atoms with E-state index in [1.807, 2.05) is 0 Å². The van der Waals surface area contributed by atoms with Gasteiger partial charge >= 0.3 is 0 Å². The van der Waals surface area contributed by atoms with Gasteiger partial charge in [0.25, 0.3) is 0 Å². The molecule has 0 aromatic heterocycles. The van der Waals surface area contributed by atoms with Gasteiger partial charge in [-0.15, -0.1) is 0 Å². The Morgan fingerprint density at radius 2 is 1.71 bits per heavy atom. The molecule has 3 heteroatoms. The van der Waals surface area contributed by atoms with Crippen molar-refractivity contribution in [3.05, 3.63) is 35.4 Å². The summed E-state index contributed by atoms with van der Waals surface area (Å²) < 4.78 is 5.44. The lowest BCUT2D eigenvalue weighted by Gasteiger charge is -2.25. The molecular formula is C14H24N2O. The Morgan fingerprint density at radius 3 is 2.06 bits per heavy atom. The number of hydrogen-bond acceptors (Lipinski definition) is 3. The fourth-order valence-corrected chi connectivity index (χ4v) is 2.04. The van der Waals surface area contributed by atoms with Crippen LogP contribution in [0.4, 0.5) is 0 Å². The van der Waals surface area contributed by atoms with Crippen LogP contribution in [0.2, 0.25) is 0 Å². The van der Waals surface area contributed by atoms with Crippen LogP contribution in [0.15, 0.2) is 24.3 Å². The fourth-order valence-electron chi connectivity index (χ4n) is 2.04. The summed E-state index contributed by atoms with van der Waals surface area (Å²) in [6.07, 6.45) is 1.03. The minimum atomic E-state index is 0.0474. The van der Waals surface area contributed by atoms with Crippen molar-refractivity contribution < 1.29 is 4.74 Å². The summed E-state index contributed by atoms with van der Waals surface area (Å²) in [5.74, 6) is 6.18. The van der Waals surface area contributed by atoms with E-state index in [4.69, 9.17) is 10.6 Å². The highest BCUT2D eigenvalue weighted by atomic mass is 16.5. The first kappa shape index (κ1) is 14.2. The van der Waals surface area contributed by atoms with Crippen molar-refractivity contribution in [3.63, 3.8) is 0 Å². The molecule has 0 amide bonds. The molecular weight excluding hydrogens is 212 g/mol. The predicted octanol–water partition coefficient (Wildman–Crippen LogP) is 2.74. The van der Waals surface area contributed by atoms with Crippen LogP contribution in [0.25, 0.3) is 0 Å². The molecule has 0 aliphatic carbocycles. The number of methoxy groups -OCH3 is 1. The van der Waals surface area contributed by atoms with Crippen LogP contribution in [0.3, 0.4) is 0 Å². The third-order valence-corrected chi connectivity index (χ3v) is 3.22. The topological polar surface area (TPSA) is 47.3 Å². The largest absolute Gasteiger partial charge is 0.379 e. The molecule has 0 aliphatic rings. The lowest BCUT2D eigenvalue weighted by molar-refractivity contribution is 0.0651. The van der Waals surface area contributed by atoms with Gasteiger partial charge in [-0.3, -0.25) is 11.3 Å². The molecule has 0 radical (unpaired) electrons. The van der Waals surface area contributed by atoms with Gasteiger partial charge in [-0.25, -0.2) is 0 Å². The second-order valence-electron chi connectivity index (χ2n) is 4.65. The highest BCUT2D eigenvalue weighted by Crippen LogP contribution is 2.23. The minimum absolute atomic E-state index is 0.0474. The molecule has 0 spiro atoms. The maximum absolute atomic E-state index is 5.62. The zero-order valence-corrected chi connectivity index (χ0v) is 11.2. The lowest BCUT2D eigenvalue weighted by Crippen LogP contribution is -2.37. The minimum Gasteiger partial charge on any atom is -0.379 e. The molecule has 0 bridgehead atoms. The molecule has 1 aromatic rings. The van der Waals surface area contributed by atoms with Gasteiger partial charge in [0.1, 0.15) is 0 Å². The Morgan fingerprint density at radius 1 is 1.18 bits per heavy atom. The van der Waals surface area contributed by atoms with Gasteiger partial charge in [0.2, 0.25) is 0 Å². The molecule has 1 rings (SSSR count). The summed E-state index contributed by atoms with van der Waals surface area (Å²) in [5, 5.41) is 0. The summed E-state index contributed by atoms with van der Waals surface area (Å²) in [7, 11) is 1.72. The van der Waals surface area contributed by atoms with Crippen LogP contribution in [-0.4, -0.2) is 13.2 Å². The summed E-state index contributed by atoms with van der Waals surface area (Å²) in [6, 6.07) is 8.62.